The van der Waals surface area contributed by atoms with E-state index in [1.165, 1.54) is 6.07 Å². The summed E-state index contributed by atoms with van der Waals surface area (Å²) in [6.45, 7) is 1.79. The Morgan fingerprint density at radius 2 is 2.24 bits per heavy atom. The first-order chi connectivity index (χ1) is 8.08. The van der Waals surface area contributed by atoms with Crippen molar-refractivity contribution in [3.8, 4) is 0 Å². The predicted molar refractivity (Wildman–Crippen MR) is 63.1 cm³/mol. The Morgan fingerprint density at radius 1 is 1.47 bits per heavy atom. The van der Waals surface area contributed by atoms with Crippen molar-refractivity contribution >= 4 is 11.6 Å². The van der Waals surface area contributed by atoms with Gasteiger partial charge in [0, 0.05) is 0 Å². The van der Waals surface area contributed by atoms with E-state index in [2.05, 4.69) is 5.32 Å². The fourth-order valence-corrected chi connectivity index (χ4v) is 2.19. The lowest BCUT2D eigenvalue weighted by Crippen LogP contribution is -2.28. The number of halogens is 1. The molecule has 0 heterocycles. The SMILES string of the molecule is Cc1ccc(NC(=O)C2CCCC2O)c(F)c1. The molecule has 1 aliphatic carbocycles. The highest BCUT2D eigenvalue weighted by atomic mass is 19.1. The number of carbonyl (C=O) groups is 1. The molecule has 1 aliphatic rings. The molecule has 4 heteroatoms. The third-order valence-corrected chi connectivity index (χ3v) is 3.20. The van der Waals surface area contributed by atoms with Gasteiger partial charge in [-0.25, -0.2) is 4.39 Å². The molecule has 0 aromatic heterocycles. The van der Waals surface area contributed by atoms with Gasteiger partial charge in [0.05, 0.1) is 17.7 Å². The molecular formula is C13H16FNO2. The number of nitrogens with one attached hydrogen (secondary N) is 1. The normalized spacial score (nSPS) is 23.7. The van der Waals surface area contributed by atoms with Crippen LogP contribution >= 0.6 is 0 Å². The topological polar surface area (TPSA) is 49.3 Å². The summed E-state index contributed by atoms with van der Waals surface area (Å²) in [5.41, 5.74) is 0.987. The standard InChI is InChI=1S/C13H16FNO2/c1-8-5-6-11(10(14)7-8)15-13(17)9-3-2-4-12(9)16/h5-7,9,12,16H,2-4H2,1H3,(H,15,17). The number of aryl methyl sites for hydroxylation is 1. The molecule has 0 bridgehead atoms. The van der Waals surface area contributed by atoms with Gasteiger partial charge in [-0.2, -0.15) is 0 Å². The summed E-state index contributed by atoms with van der Waals surface area (Å²) in [5.74, 6) is -1.14. The number of anilines is 1. The third kappa shape index (κ3) is 2.64. The average molecular weight is 237 g/mol. The Kier molecular flexibility index (Phi) is 3.43. The zero-order chi connectivity index (χ0) is 12.4. The largest absolute Gasteiger partial charge is 0.392 e. The van der Waals surface area contributed by atoms with Crippen LogP contribution in [0, 0.1) is 18.7 Å². The van der Waals surface area contributed by atoms with Crippen LogP contribution in [0.15, 0.2) is 18.2 Å². The Labute approximate surface area is 99.7 Å². The summed E-state index contributed by atoms with van der Waals surface area (Å²) >= 11 is 0. The summed E-state index contributed by atoms with van der Waals surface area (Å²) in [7, 11) is 0. The van der Waals surface area contributed by atoms with E-state index in [0.717, 1.165) is 12.0 Å². The maximum Gasteiger partial charge on any atom is 0.230 e. The minimum absolute atomic E-state index is 0.180. The van der Waals surface area contributed by atoms with Crippen LogP contribution in [0.3, 0.4) is 0 Å². The molecule has 92 valence electrons. The Hall–Kier alpha value is -1.42. The fourth-order valence-electron chi connectivity index (χ4n) is 2.19. The van der Waals surface area contributed by atoms with Gasteiger partial charge in [0.25, 0.3) is 0 Å². The minimum Gasteiger partial charge on any atom is -0.392 e. The molecule has 1 fully saturated rings. The maximum absolute atomic E-state index is 13.5. The lowest BCUT2D eigenvalue weighted by Gasteiger charge is -2.14. The van der Waals surface area contributed by atoms with Crippen molar-refractivity contribution in [2.75, 3.05) is 5.32 Å². The number of amides is 1. The number of hydrogen-bond acceptors (Lipinski definition) is 2. The Morgan fingerprint density at radius 3 is 2.82 bits per heavy atom. The summed E-state index contributed by atoms with van der Waals surface area (Å²) in [6, 6.07) is 4.66. The van der Waals surface area contributed by atoms with Crippen molar-refractivity contribution in [1.82, 2.24) is 0 Å². The van der Waals surface area contributed by atoms with Gasteiger partial charge in [-0.15, -0.1) is 0 Å². The minimum atomic E-state index is -0.594. The van der Waals surface area contributed by atoms with E-state index in [-0.39, 0.29) is 11.6 Å². The number of hydrogen-bond donors (Lipinski definition) is 2. The summed E-state index contributed by atoms with van der Waals surface area (Å²) in [5, 5.41) is 12.1. The van der Waals surface area contributed by atoms with Crippen LogP contribution in [-0.2, 0) is 4.79 Å². The second kappa shape index (κ2) is 4.84. The van der Waals surface area contributed by atoms with Crippen molar-refractivity contribution in [2.24, 2.45) is 5.92 Å². The van der Waals surface area contributed by atoms with Gasteiger partial charge in [-0.05, 0) is 43.9 Å². The van der Waals surface area contributed by atoms with Crippen LogP contribution in [0.1, 0.15) is 24.8 Å². The smallest absolute Gasteiger partial charge is 0.230 e. The fraction of sp³-hybridized carbons (Fsp3) is 0.462. The zero-order valence-corrected chi connectivity index (χ0v) is 9.74. The van der Waals surface area contributed by atoms with Crippen molar-refractivity contribution in [3.63, 3.8) is 0 Å². The molecule has 1 saturated carbocycles. The van der Waals surface area contributed by atoms with Crippen LogP contribution < -0.4 is 5.32 Å². The second-order valence-corrected chi connectivity index (χ2v) is 4.58. The van der Waals surface area contributed by atoms with E-state index in [9.17, 15) is 14.3 Å². The van der Waals surface area contributed by atoms with Crippen molar-refractivity contribution in [1.29, 1.82) is 0 Å². The van der Waals surface area contributed by atoms with Crippen LogP contribution in [-0.4, -0.2) is 17.1 Å². The molecule has 0 spiro atoms. The van der Waals surface area contributed by atoms with Gasteiger partial charge in [-0.1, -0.05) is 6.07 Å². The van der Waals surface area contributed by atoms with Crippen LogP contribution in [0.2, 0.25) is 0 Å². The van der Waals surface area contributed by atoms with Gasteiger partial charge < -0.3 is 10.4 Å². The molecular weight excluding hydrogens is 221 g/mol. The Bertz CT molecular complexity index is 433. The van der Waals surface area contributed by atoms with Crippen LogP contribution in [0.25, 0.3) is 0 Å². The van der Waals surface area contributed by atoms with E-state index in [1.807, 2.05) is 0 Å². The molecule has 1 aromatic carbocycles. The monoisotopic (exact) mass is 237 g/mol. The first kappa shape index (κ1) is 12.0. The summed E-state index contributed by atoms with van der Waals surface area (Å²) in [4.78, 5) is 11.8. The molecule has 1 aromatic rings. The van der Waals surface area contributed by atoms with E-state index in [1.54, 1.807) is 19.1 Å². The quantitative estimate of drug-likeness (QED) is 0.828. The lowest BCUT2D eigenvalue weighted by molar-refractivity contribution is -0.122. The van der Waals surface area contributed by atoms with Crippen LogP contribution in [0.5, 0.6) is 0 Å². The van der Waals surface area contributed by atoms with Crippen molar-refractivity contribution in [3.05, 3.63) is 29.6 Å². The molecule has 2 unspecified atom stereocenters. The molecule has 0 saturated heterocycles. The highest BCUT2D eigenvalue weighted by molar-refractivity contribution is 5.93. The highest BCUT2D eigenvalue weighted by Gasteiger charge is 2.31. The van der Waals surface area contributed by atoms with Gasteiger partial charge >= 0.3 is 0 Å². The third-order valence-electron chi connectivity index (χ3n) is 3.20. The average Bonchev–Trinajstić information content (AvgIpc) is 2.68. The van der Waals surface area contributed by atoms with Gasteiger partial charge in [0.1, 0.15) is 5.82 Å². The number of benzene rings is 1. The molecule has 17 heavy (non-hydrogen) atoms. The molecule has 0 radical (unpaired) electrons. The Balaban J connectivity index is 2.07. The zero-order valence-electron chi connectivity index (χ0n) is 9.74. The van der Waals surface area contributed by atoms with E-state index in [0.29, 0.717) is 12.8 Å². The summed E-state index contributed by atoms with van der Waals surface area (Å²) < 4.78 is 13.5. The molecule has 1 amide bonds. The molecule has 2 atom stereocenters. The van der Waals surface area contributed by atoms with Crippen molar-refractivity contribution in [2.45, 2.75) is 32.3 Å². The van der Waals surface area contributed by atoms with Gasteiger partial charge in [0.15, 0.2) is 0 Å². The maximum atomic E-state index is 13.5. The number of aliphatic hydroxyl groups excluding tert-OH is 1. The number of carbonyl (C=O) groups excluding carboxylic acids is 1. The molecule has 2 rings (SSSR count). The van der Waals surface area contributed by atoms with Crippen molar-refractivity contribution < 1.29 is 14.3 Å². The lowest BCUT2D eigenvalue weighted by atomic mass is 10.1. The second-order valence-electron chi connectivity index (χ2n) is 4.58. The molecule has 0 aliphatic heterocycles. The first-order valence-corrected chi connectivity index (χ1v) is 5.83. The van der Waals surface area contributed by atoms with E-state index < -0.39 is 17.8 Å². The first-order valence-electron chi connectivity index (χ1n) is 5.83. The molecule has 3 nitrogen and oxygen atoms in total. The van der Waals surface area contributed by atoms with E-state index >= 15 is 0 Å². The summed E-state index contributed by atoms with van der Waals surface area (Å²) in [6.07, 6.45) is 1.56. The number of aliphatic hydroxyl groups is 1. The van der Waals surface area contributed by atoms with E-state index in [4.69, 9.17) is 0 Å². The predicted octanol–water partition coefficient (Wildman–Crippen LogP) is 2.23. The molecule has 2 N–H and O–H groups in total. The van der Waals surface area contributed by atoms with Gasteiger partial charge in [0.2, 0.25) is 5.91 Å². The number of rotatable bonds is 2. The highest BCUT2D eigenvalue weighted by Crippen LogP contribution is 2.27. The van der Waals surface area contributed by atoms with Gasteiger partial charge in [-0.3, -0.25) is 4.79 Å². The van der Waals surface area contributed by atoms with Crippen LogP contribution in [0.4, 0.5) is 10.1 Å².